The Balaban J connectivity index is 1.96. The Labute approximate surface area is 120 Å². The van der Waals surface area contributed by atoms with Crippen molar-refractivity contribution < 1.29 is 19.1 Å². The van der Waals surface area contributed by atoms with Gasteiger partial charge in [-0.05, 0) is 24.3 Å². The molecule has 0 unspecified atom stereocenters. The minimum absolute atomic E-state index is 0.183. The third-order valence-electron chi connectivity index (χ3n) is 3.21. The summed E-state index contributed by atoms with van der Waals surface area (Å²) in [6, 6.07) is 12.3. The second kappa shape index (κ2) is 5.28. The first-order valence-electron chi connectivity index (χ1n) is 6.42. The highest BCUT2D eigenvalue weighted by Gasteiger charge is 2.11. The first kappa shape index (κ1) is 13.2. The molecule has 1 N–H and O–H groups in total. The Morgan fingerprint density at radius 1 is 1.29 bits per heavy atom. The zero-order chi connectivity index (χ0) is 14.8. The van der Waals surface area contributed by atoms with Gasteiger partial charge >= 0.3 is 5.97 Å². The summed E-state index contributed by atoms with van der Waals surface area (Å²) < 4.78 is 10.9. The number of hydrogen-bond donors (Lipinski definition) is 1. The molecule has 0 amide bonds. The van der Waals surface area contributed by atoms with Crippen molar-refractivity contribution >= 4 is 17.1 Å². The van der Waals surface area contributed by atoms with Gasteiger partial charge in [-0.1, -0.05) is 18.2 Å². The number of nitrogens with zero attached hydrogens (tertiary/aromatic N) is 1. The molecule has 1 heterocycles. The van der Waals surface area contributed by atoms with Gasteiger partial charge in [-0.2, -0.15) is 0 Å². The van der Waals surface area contributed by atoms with Crippen LogP contribution in [0.4, 0.5) is 0 Å². The molecular weight excluding hydrogens is 270 g/mol. The van der Waals surface area contributed by atoms with Crippen molar-refractivity contribution in [3.63, 3.8) is 0 Å². The summed E-state index contributed by atoms with van der Waals surface area (Å²) in [7, 11) is 1.62. The van der Waals surface area contributed by atoms with Gasteiger partial charge in [-0.15, -0.1) is 0 Å². The molecule has 0 aliphatic rings. The Bertz CT molecular complexity index is 807. The lowest BCUT2D eigenvalue weighted by atomic mass is 10.1. The molecule has 0 aliphatic carbocycles. The van der Waals surface area contributed by atoms with Gasteiger partial charge in [0.2, 0.25) is 0 Å². The van der Waals surface area contributed by atoms with Crippen LogP contribution < -0.4 is 4.74 Å². The minimum Gasteiger partial charge on any atom is -0.496 e. The molecule has 5 heteroatoms. The van der Waals surface area contributed by atoms with Crippen LogP contribution in [0.1, 0.15) is 21.8 Å². The van der Waals surface area contributed by atoms with Gasteiger partial charge in [0.25, 0.3) is 0 Å². The van der Waals surface area contributed by atoms with Crippen LogP contribution in [0.15, 0.2) is 46.9 Å². The predicted octanol–water partition coefficient (Wildman–Crippen LogP) is 3.13. The van der Waals surface area contributed by atoms with Gasteiger partial charge in [-0.25, -0.2) is 9.78 Å². The van der Waals surface area contributed by atoms with Crippen LogP contribution >= 0.6 is 0 Å². The lowest BCUT2D eigenvalue weighted by Crippen LogP contribution is -1.94. The maximum absolute atomic E-state index is 10.9. The van der Waals surface area contributed by atoms with E-state index in [4.69, 9.17) is 14.3 Å². The van der Waals surface area contributed by atoms with Crippen LogP contribution in [-0.4, -0.2) is 23.2 Å². The molecule has 106 valence electrons. The number of benzene rings is 2. The largest absolute Gasteiger partial charge is 0.496 e. The van der Waals surface area contributed by atoms with Crippen molar-refractivity contribution in [3.05, 3.63) is 59.5 Å². The highest BCUT2D eigenvalue weighted by molar-refractivity contribution is 5.91. The number of carboxylic acids is 1. The fourth-order valence-corrected chi connectivity index (χ4v) is 2.19. The predicted molar refractivity (Wildman–Crippen MR) is 76.8 cm³/mol. The number of fused-ring (bicyclic) bond motifs is 1. The van der Waals surface area contributed by atoms with Crippen LogP contribution in [0.2, 0.25) is 0 Å². The zero-order valence-corrected chi connectivity index (χ0v) is 11.4. The maximum atomic E-state index is 10.9. The molecule has 1 aromatic heterocycles. The molecule has 2 aromatic carbocycles. The van der Waals surface area contributed by atoms with Gasteiger partial charge in [-0.3, -0.25) is 0 Å². The van der Waals surface area contributed by atoms with Crippen molar-refractivity contribution in [1.82, 2.24) is 4.98 Å². The van der Waals surface area contributed by atoms with E-state index < -0.39 is 5.97 Å². The normalized spacial score (nSPS) is 10.7. The molecule has 0 radical (unpaired) electrons. The van der Waals surface area contributed by atoms with Gasteiger partial charge in [0.05, 0.1) is 19.1 Å². The average Bonchev–Trinajstić information content (AvgIpc) is 2.89. The summed E-state index contributed by atoms with van der Waals surface area (Å²) in [4.78, 5) is 15.3. The van der Waals surface area contributed by atoms with Crippen LogP contribution in [0.25, 0.3) is 11.1 Å². The molecule has 0 bridgehead atoms. The summed E-state index contributed by atoms with van der Waals surface area (Å²) in [6.07, 6.45) is 0.487. The highest BCUT2D eigenvalue weighted by atomic mass is 16.5. The maximum Gasteiger partial charge on any atom is 0.335 e. The first-order chi connectivity index (χ1) is 10.2. The number of methoxy groups -OCH3 is 1. The van der Waals surface area contributed by atoms with Gasteiger partial charge in [0, 0.05) is 5.56 Å². The van der Waals surface area contributed by atoms with E-state index >= 15 is 0 Å². The number of aromatic nitrogens is 1. The molecule has 0 saturated heterocycles. The van der Waals surface area contributed by atoms with E-state index in [-0.39, 0.29) is 5.56 Å². The number of ether oxygens (including phenoxy) is 1. The Hall–Kier alpha value is -2.82. The number of rotatable bonds is 4. The molecule has 3 rings (SSSR count). The number of para-hydroxylation sites is 1. The van der Waals surface area contributed by atoms with Crippen LogP contribution in [0.5, 0.6) is 5.75 Å². The van der Waals surface area contributed by atoms with E-state index in [2.05, 4.69) is 4.98 Å². The lowest BCUT2D eigenvalue weighted by Gasteiger charge is -2.05. The SMILES string of the molecule is COc1ccccc1Cc1nc2ccc(C(=O)O)cc2o1. The molecule has 0 fully saturated rings. The third-order valence-corrected chi connectivity index (χ3v) is 3.21. The second-order valence-corrected chi connectivity index (χ2v) is 4.58. The van der Waals surface area contributed by atoms with Gasteiger partial charge in [0.1, 0.15) is 11.3 Å². The van der Waals surface area contributed by atoms with Crippen molar-refractivity contribution in [2.24, 2.45) is 0 Å². The van der Waals surface area contributed by atoms with Crippen molar-refractivity contribution in [2.75, 3.05) is 7.11 Å². The van der Waals surface area contributed by atoms with E-state index in [0.29, 0.717) is 23.4 Å². The summed E-state index contributed by atoms with van der Waals surface area (Å²) in [5.74, 6) is 0.308. The van der Waals surface area contributed by atoms with Crippen molar-refractivity contribution in [1.29, 1.82) is 0 Å². The molecule has 0 aliphatic heterocycles. The monoisotopic (exact) mass is 283 g/mol. The number of hydrogen-bond acceptors (Lipinski definition) is 4. The fraction of sp³-hybridized carbons (Fsp3) is 0.125. The minimum atomic E-state index is -0.987. The quantitative estimate of drug-likeness (QED) is 0.796. The van der Waals surface area contributed by atoms with E-state index in [1.54, 1.807) is 13.2 Å². The number of carboxylic acid groups (broad SMARTS) is 1. The molecule has 3 aromatic rings. The Morgan fingerprint density at radius 3 is 2.86 bits per heavy atom. The molecule has 5 nitrogen and oxygen atoms in total. The molecule has 0 atom stereocenters. The average molecular weight is 283 g/mol. The number of oxazole rings is 1. The smallest absolute Gasteiger partial charge is 0.335 e. The summed E-state index contributed by atoms with van der Waals surface area (Å²) in [5.41, 5.74) is 2.26. The molecule has 21 heavy (non-hydrogen) atoms. The van der Waals surface area contributed by atoms with Crippen molar-refractivity contribution in [2.45, 2.75) is 6.42 Å². The van der Waals surface area contributed by atoms with E-state index in [9.17, 15) is 4.79 Å². The third kappa shape index (κ3) is 2.58. The summed E-state index contributed by atoms with van der Waals surface area (Å²) in [5, 5.41) is 8.98. The molecule has 0 saturated carbocycles. The molecule has 0 spiro atoms. The standard InChI is InChI=1S/C16H13NO4/c1-20-13-5-3-2-4-10(13)9-15-17-12-7-6-11(16(18)19)8-14(12)21-15/h2-8H,9H2,1H3,(H,18,19). The second-order valence-electron chi connectivity index (χ2n) is 4.58. The highest BCUT2D eigenvalue weighted by Crippen LogP contribution is 2.23. The zero-order valence-electron chi connectivity index (χ0n) is 11.4. The summed E-state index contributed by atoms with van der Waals surface area (Å²) >= 11 is 0. The van der Waals surface area contributed by atoms with Crippen LogP contribution in [-0.2, 0) is 6.42 Å². The van der Waals surface area contributed by atoms with Gasteiger partial charge in [0.15, 0.2) is 11.5 Å². The molecular formula is C16H13NO4. The van der Waals surface area contributed by atoms with Crippen molar-refractivity contribution in [3.8, 4) is 5.75 Å². The number of carbonyl (C=O) groups is 1. The Kier molecular flexibility index (Phi) is 3.31. The van der Waals surface area contributed by atoms with Crippen LogP contribution in [0, 0.1) is 0 Å². The fourth-order valence-electron chi connectivity index (χ4n) is 2.19. The Morgan fingerprint density at radius 2 is 2.10 bits per heavy atom. The van der Waals surface area contributed by atoms with E-state index in [1.165, 1.54) is 12.1 Å². The van der Waals surface area contributed by atoms with E-state index in [1.807, 2.05) is 24.3 Å². The van der Waals surface area contributed by atoms with E-state index in [0.717, 1.165) is 11.3 Å². The topological polar surface area (TPSA) is 72.6 Å². The first-order valence-corrected chi connectivity index (χ1v) is 6.42. The number of aromatic carboxylic acids is 1. The summed E-state index contributed by atoms with van der Waals surface area (Å²) in [6.45, 7) is 0. The van der Waals surface area contributed by atoms with Gasteiger partial charge < -0.3 is 14.3 Å². The van der Waals surface area contributed by atoms with Crippen LogP contribution in [0.3, 0.4) is 0 Å². The lowest BCUT2D eigenvalue weighted by molar-refractivity contribution is 0.0697.